The number of hydrogen-bond acceptors (Lipinski definition) is 1. The van der Waals surface area contributed by atoms with Gasteiger partial charge >= 0.3 is 0 Å². The summed E-state index contributed by atoms with van der Waals surface area (Å²) in [4.78, 5) is 0. The molecular formula is C10H22OSi. The fraction of sp³-hybridized carbons (Fsp3) is 0.800. The summed E-state index contributed by atoms with van der Waals surface area (Å²) < 4.78 is 5.65. The second-order valence-electron chi connectivity index (χ2n) is 3.33. The van der Waals surface area contributed by atoms with Crippen LogP contribution in [0, 0.1) is 0 Å². The van der Waals surface area contributed by atoms with Crippen molar-refractivity contribution in [2.24, 2.45) is 0 Å². The molecule has 0 aliphatic carbocycles. The van der Waals surface area contributed by atoms with E-state index in [9.17, 15) is 0 Å². The summed E-state index contributed by atoms with van der Waals surface area (Å²) in [6.45, 7) is 8.36. The van der Waals surface area contributed by atoms with Crippen LogP contribution in [0.3, 0.4) is 0 Å². The van der Waals surface area contributed by atoms with Crippen molar-refractivity contribution in [3.8, 4) is 0 Å². The Balaban J connectivity index is 4.04. The van der Waals surface area contributed by atoms with Crippen LogP contribution in [0.5, 0.6) is 0 Å². The fourth-order valence-electron chi connectivity index (χ4n) is 1.52. The van der Waals surface area contributed by atoms with E-state index in [2.05, 4.69) is 26.1 Å². The lowest BCUT2D eigenvalue weighted by Crippen LogP contribution is -2.34. The average molecular weight is 186 g/mol. The Hall–Kier alpha value is -0.0831. The van der Waals surface area contributed by atoms with Gasteiger partial charge in [0.2, 0.25) is 8.32 Å². The maximum atomic E-state index is 5.65. The van der Waals surface area contributed by atoms with E-state index in [-0.39, 0.29) is 0 Å². The molecule has 1 atom stereocenters. The first-order chi connectivity index (χ1) is 5.74. The maximum absolute atomic E-state index is 5.65. The van der Waals surface area contributed by atoms with E-state index in [0.717, 1.165) is 0 Å². The van der Waals surface area contributed by atoms with Gasteiger partial charge in [0.1, 0.15) is 0 Å². The van der Waals surface area contributed by atoms with Gasteiger partial charge in [-0.3, -0.25) is 0 Å². The van der Waals surface area contributed by atoms with Gasteiger partial charge in [-0.05, 0) is 12.1 Å². The van der Waals surface area contributed by atoms with E-state index in [0.29, 0.717) is 0 Å². The molecule has 0 spiro atoms. The summed E-state index contributed by atoms with van der Waals surface area (Å²) in [6.07, 6.45) is 3.76. The minimum absolute atomic E-state index is 1.22. The summed E-state index contributed by atoms with van der Waals surface area (Å²) in [6, 6.07) is 2.48. The van der Waals surface area contributed by atoms with Gasteiger partial charge in [-0.2, -0.15) is 0 Å². The Labute approximate surface area is 78.0 Å². The van der Waals surface area contributed by atoms with Gasteiger partial charge in [0.05, 0.1) is 0 Å². The molecule has 0 aliphatic rings. The topological polar surface area (TPSA) is 9.23 Å². The lowest BCUT2D eigenvalue weighted by atomic mass is 10.4. The van der Waals surface area contributed by atoms with Crippen LogP contribution in [0.25, 0.3) is 0 Å². The molecule has 0 aromatic carbocycles. The average Bonchev–Trinajstić information content (AvgIpc) is 2.13. The molecular weight excluding hydrogens is 164 g/mol. The summed E-state index contributed by atoms with van der Waals surface area (Å²) in [5.41, 5.74) is 2.10. The van der Waals surface area contributed by atoms with Crippen molar-refractivity contribution in [2.75, 3.05) is 7.11 Å². The van der Waals surface area contributed by atoms with Gasteiger partial charge in [-0.1, -0.05) is 38.8 Å². The summed E-state index contributed by atoms with van der Waals surface area (Å²) in [5, 5.41) is 0. The van der Waals surface area contributed by atoms with E-state index < -0.39 is 8.32 Å². The highest BCUT2D eigenvalue weighted by Crippen LogP contribution is 2.22. The van der Waals surface area contributed by atoms with Crippen LogP contribution < -0.4 is 0 Å². The van der Waals surface area contributed by atoms with E-state index in [1.807, 2.05) is 7.11 Å². The number of unbranched alkanes of at least 4 members (excludes halogenated alkanes) is 1. The van der Waals surface area contributed by atoms with Gasteiger partial charge in [0, 0.05) is 7.11 Å². The van der Waals surface area contributed by atoms with Crippen LogP contribution in [0.15, 0.2) is 12.3 Å². The highest BCUT2D eigenvalue weighted by molar-refractivity contribution is 6.78. The van der Waals surface area contributed by atoms with Crippen molar-refractivity contribution in [3.05, 3.63) is 12.3 Å². The summed E-state index contributed by atoms with van der Waals surface area (Å²) in [7, 11) is 0.346. The fourth-order valence-corrected chi connectivity index (χ4v) is 4.55. The summed E-state index contributed by atoms with van der Waals surface area (Å²) >= 11 is 0. The van der Waals surface area contributed by atoms with Crippen LogP contribution in [0.1, 0.15) is 33.1 Å². The molecule has 0 rings (SSSR count). The lowest BCUT2D eigenvalue weighted by Gasteiger charge is -2.25. The minimum Gasteiger partial charge on any atom is -0.416 e. The van der Waals surface area contributed by atoms with Crippen LogP contribution in [-0.4, -0.2) is 15.4 Å². The van der Waals surface area contributed by atoms with Crippen LogP contribution in [0.2, 0.25) is 12.1 Å². The normalized spacial score (nSPS) is 15.6. The van der Waals surface area contributed by atoms with Crippen molar-refractivity contribution in [2.45, 2.75) is 45.2 Å². The first-order valence-corrected chi connectivity index (χ1v) is 7.33. The second-order valence-corrected chi connectivity index (χ2v) is 7.27. The van der Waals surface area contributed by atoms with Gasteiger partial charge < -0.3 is 4.43 Å². The molecule has 0 heterocycles. The highest BCUT2D eigenvalue weighted by atomic mass is 28.4. The van der Waals surface area contributed by atoms with Gasteiger partial charge in [0.25, 0.3) is 0 Å². The molecule has 0 bridgehead atoms. The SMILES string of the molecule is C=C[Si](CCC)(CCCC)OC. The third kappa shape index (κ3) is 3.54. The minimum atomic E-state index is -1.50. The van der Waals surface area contributed by atoms with Crippen LogP contribution in [-0.2, 0) is 4.43 Å². The van der Waals surface area contributed by atoms with Crippen molar-refractivity contribution in [3.63, 3.8) is 0 Å². The molecule has 0 saturated heterocycles. The third-order valence-electron chi connectivity index (χ3n) is 2.41. The predicted molar refractivity (Wildman–Crippen MR) is 57.8 cm³/mol. The predicted octanol–water partition coefficient (Wildman–Crippen LogP) is 3.51. The molecule has 0 N–H and O–H groups in total. The van der Waals surface area contributed by atoms with Crippen LogP contribution in [0.4, 0.5) is 0 Å². The van der Waals surface area contributed by atoms with E-state index >= 15 is 0 Å². The van der Waals surface area contributed by atoms with Gasteiger partial charge in [-0.25, -0.2) is 0 Å². The summed E-state index contributed by atoms with van der Waals surface area (Å²) in [5.74, 6) is 0. The highest BCUT2D eigenvalue weighted by Gasteiger charge is 2.27. The smallest absolute Gasteiger partial charge is 0.215 e. The molecule has 0 aromatic heterocycles. The molecule has 0 radical (unpaired) electrons. The molecule has 2 heteroatoms. The van der Waals surface area contributed by atoms with E-state index in [1.165, 1.54) is 31.4 Å². The van der Waals surface area contributed by atoms with Crippen molar-refractivity contribution in [1.29, 1.82) is 0 Å². The molecule has 0 amide bonds. The standard InChI is InChI=1S/C10H22OSi/c1-5-8-10-12(7-3,11-4)9-6-2/h7H,3,5-6,8-10H2,1-2,4H3. The molecule has 72 valence electrons. The Kier molecular flexibility index (Phi) is 6.39. The Morgan fingerprint density at radius 2 is 1.92 bits per heavy atom. The van der Waals surface area contributed by atoms with Crippen molar-refractivity contribution in [1.82, 2.24) is 0 Å². The Morgan fingerprint density at radius 3 is 2.25 bits per heavy atom. The van der Waals surface area contributed by atoms with Gasteiger partial charge in [0.15, 0.2) is 0 Å². The van der Waals surface area contributed by atoms with Crippen molar-refractivity contribution < 1.29 is 4.43 Å². The molecule has 0 saturated carbocycles. The second kappa shape index (κ2) is 6.43. The molecule has 0 fully saturated rings. The van der Waals surface area contributed by atoms with E-state index in [1.54, 1.807) is 0 Å². The third-order valence-corrected chi connectivity index (χ3v) is 6.51. The molecule has 12 heavy (non-hydrogen) atoms. The maximum Gasteiger partial charge on any atom is 0.215 e. The quantitative estimate of drug-likeness (QED) is 0.553. The Morgan fingerprint density at radius 1 is 1.25 bits per heavy atom. The lowest BCUT2D eigenvalue weighted by molar-refractivity contribution is 0.398. The van der Waals surface area contributed by atoms with Crippen molar-refractivity contribution >= 4 is 8.32 Å². The molecule has 0 aliphatic heterocycles. The first-order valence-electron chi connectivity index (χ1n) is 4.93. The zero-order chi connectivity index (χ0) is 9.45. The molecule has 1 unspecified atom stereocenters. The monoisotopic (exact) mass is 186 g/mol. The molecule has 0 aromatic rings. The van der Waals surface area contributed by atoms with Crippen LogP contribution >= 0.6 is 0 Å². The zero-order valence-corrected chi connectivity index (χ0v) is 9.73. The first kappa shape index (κ1) is 11.9. The number of rotatable bonds is 7. The zero-order valence-electron chi connectivity index (χ0n) is 8.73. The largest absolute Gasteiger partial charge is 0.416 e. The van der Waals surface area contributed by atoms with E-state index in [4.69, 9.17) is 4.43 Å². The molecule has 1 nitrogen and oxygen atoms in total. The van der Waals surface area contributed by atoms with Gasteiger partial charge in [-0.15, -0.1) is 6.58 Å². The number of hydrogen-bond donors (Lipinski definition) is 0. The Bertz CT molecular complexity index is 125.